The van der Waals surface area contributed by atoms with Gasteiger partial charge >= 0.3 is 17.6 Å². The highest BCUT2D eigenvalue weighted by molar-refractivity contribution is 6.61. The van der Waals surface area contributed by atoms with Gasteiger partial charge in [-0.1, -0.05) is 0 Å². The van der Waals surface area contributed by atoms with Gasteiger partial charge in [-0.05, 0) is 107 Å². The highest BCUT2D eigenvalue weighted by Crippen LogP contribution is 2.25. The number of nitrogens with zero attached hydrogens (tertiary/aromatic N) is 6. The number of anilines is 2. The molecule has 0 radical (unpaired) electrons. The molecule has 0 bridgehead atoms. The lowest BCUT2D eigenvalue weighted by Gasteiger charge is -2.34. The molecule has 0 aliphatic rings. The normalized spacial score (nSPS) is 12.7. The van der Waals surface area contributed by atoms with Crippen molar-refractivity contribution in [2.75, 3.05) is 23.7 Å². The second-order valence-corrected chi connectivity index (χ2v) is 17.0. The van der Waals surface area contributed by atoms with Gasteiger partial charge in [0, 0.05) is 66.7 Å². The van der Waals surface area contributed by atoms with E-state index in [0.717, 1.165) is 0 Å². The van der Waals surface area contributed by atoms with Gasteiger partial charge in [-0.3, -0.25) is 0 Å². The van der Waals surface area contributed by atoms with E-state index < -0.39 is 17.6 Å². The molecule has 0 spiro atoms. The molecule has 0 saturated carbocycles. The van der Waals surface area contributed by atoms with E-state index in [1.807, 2.05) is 83.1 Å². The van der Waals surface area contributed by atoms with Crippen LogP contribution in [0.4, 0.5) is 17.8 Å². The number of nitrogens with one attached hydrogen (secondary N) is 2. The molecule has 0 amide bonds. The monoisotopic (exact) mass is 644 g/mol. The zero-order chi connectivity index (χ0) is 32.6. The van der Waals surface area contributed by atoms with Crippen molar-refractivity contribution in [2.24, 2.45) is 5.11 Å². The Bertz CT molecular complexity index is 863. The topological polar surface area (TPSA) is 167 Å². The number of rotatable bonds is 23. The first-order chi connectivity index (χ1) is 20.1. The van der Waals surface area contributed by atoms with Crippen LogP contribution in [0, 0.1) is 0 Å². The van der Waals surface area contributed by atoms with E-state index in [4.69, 9.17) is 32.1 Å². The van der Waals surface area contributed by atoms with Crippen molar-refractivity contribution >= 4 is 35.5 Å². The minimum absolute atomic E-state index is 0.0284. The Kier molecular flexibility index (Phi) is 17.7. The molecule has 2 N–H and O–H groups in total. The minimum atomic E-state index is -2.93. The lowest BCUT2D eigenvalue weighted by atomic mass is 10.5. The second-order valence-electron chi connectivity index (χ2n) is 11.9. The lowest BCUT2D eigenvalue weighted by Crippen LogP contribution is -2.50. The van der Waals surface area contributed by atoms with Gasteiger partial charge in [-0.25, -0.2) is 0 Å². The van der Waals surface area contributed by atoms with E-state index in [2.05, 4.69) is 35.6 Å². The van der Waals surface area contributed by atoms with Crippen LogP contribution >= 0.6 is 0 Å². The molecule has 0 unspecified atom stereocenters. The molecule has 0 aliphatic carbocycles. The molecule has 1 rings (SSSR count). The van der Waals surface area contributed by atoms with Gasteiger partial charge in [0.05, 0.1) is 0 Å². The first-order valence-electron chi connectivity index (χ1n) is 15.4. The Hall–Kier alpha value is -1.89. The van der Waals surface area contributed by atoms with Gasteiger partial charge in [-0.2, -0.15) is 15.0 Å². The van der Waals surface area contributed by atoms with Crippen molar-refractivity contribution in [3.8, 4) is 0 Å². The Labute approximate surface area is 260 Å². The zero-order valence-corrected chi connectivity index (χ0v) is 30.3. The summed E-state index contributed by atoms with van der Waals surface area (Å²) in [5, 5.41) is 10.0. The third-order valence-corrected chi connectivity index (χ3v) is 12.1. The molecule has 16 heteroatoms. The first kappa shape index (κ1) is 39.1. The third kappa shape index (κ3) is 16.7. The van der Waals surface area contributed by atoms with Crippen molar-refractivity contribution in [2.45, 2.75) is 145 Å². The summed E-state index contributed by atoms with van der Waals surface area (Å²) in [5.41, 5.74) is 8.98. The predicted octanol–water partition coefficient (Wildman–Crippen LogP) is 6.85. The SMILES string of the molecule is CC(C)O[Si](CCCNc1nc(N=[N+]=[N-])nc(NCCC[Si](OC(C)C)(OC(C)C)OC(C)C)n1)(OC(C)C)OC(C)C. The summed E-state index contributed by atoms with van der Waals surface area (Å²) in [4.78, 5) is 15.8. The fourth-order valence-corrected chi connectivity index (χ4v) is 10.9. The molecule has 43 heavy (non-hydrogen) atoms. The van der Waals surface area contributed by atoms with Gasteiger partial charge in [0.25, 0.3) is 0 Å². The summed E-state index contributed by atoms with van der Waals surface area (Å²) in [6, 6.07) is 1.24. The molecule has 0 fully saturated rings. The Morgan fingerprint density at radius 3 is 1.14 bits per heavy atom. The average Bonchev–Trinajstić information content (AvgIpc) is 2.82. The molecular formula is C27H56N8O6Si2. The molecule has 1 aromatic heterocycles. The zero-order valence-electron chi connectivity index (χ0n) is 28.3. The fourth-order valence-electron chi connectivity index (χ4n) is 4.29. The quantitative estimate of drug-likeness (QED) is 0.0420. The largest absolute Gasteiger partial charge is 0.501 e. The Balaban J connectivity index is 2.93. The van der Waals surface area contributed by atoms with Crippen LogP contribution in [0.15, 0.2) is 5.11 Å². The maximum atomic E-state index is 8.98. The third-order valence-electron chi connectivity index (χ3n) is 5.14. The Morgan fingerprint density at radius 1 is 0.581 bits per heavy atom. The van der Waals surface area contributed by atoms with Crippen LogP contribution in [-0.2, 0) is 26.6 Å². The highest BCUT2D eigenvalue weighted by Gasteiger charge is 2.44. The molecule has 0 aromatic carbocycles. The summed E-state index contributed by atoms with van der Waals surface area (Å²) >= 11 is 0. The van der Waals surface area contributed by atoms with Crippen LogP contribution in [0.1, 0.15) is 95.9 Å². The van der Waals surface area contributed by atoms with Crippen molar-refractivity contribution in [1.82, 2.24) is 15.0 Å². The summed E-state index contributed by atoms with van der Waals surface area (Å²) < 4.78 is 37.6. The van der Waals surface area contributed by atoms with Crippen LogP contribution in [0.25, 0.3) is 10.4 Å². The molecule has 14 nitrogen and oxygen atoms in total. The number of hydrogen-bond acceptors (Lipinski definition) is 12. The maximum Gasteiger partial charge on any atom is 0.501 e. The molecule has 248 valence electrons. The molecule has 1 heterocycles. The molecule has 0 atom stereocenters. The van der Waals surface area contributed by atoms with Gasteiger partial charge in [-0.15, -0.1) is 0 Å². The smallest absolute Gasteiger partial charge is 0.371 e. The van der Waals surface area contributed by atoms with Gasteiger partial charge in [0.2, 0.25) is 17.8 Å². The van der Waals surface area contributed by atoms with E-state index in [0.29, 0.717) is 49.9 Å². The van der Waals surface area contributed by atoms with Crippen LogP contribution in [-0.4, -0.2) is 82.3 Å². The fraction of sp³-hybridized carbons (Fsp3) is 0.889. The second kappa shape index (κ2) is 19.5. The van der Waals surface area contributed by atoms with Gasteiger partial charge in [0.15, 0.2) is 0 Å². The van der Waals surface area contributed by atoms with E-state index in [9.17, 15) is 0 Å². The number of aromatic nitrogens is 3. The number of azide groups is 1. The summed E-state index contributed by atoms with van der Waals surface area (Å²) in [5.74, 6) is 0.563. The van der Waals surface area contributed by atoms with Crippen molar-refractivity contribution in [3.63, 3.8) is 0 Å². The van der Waals surface area contributed by atoms with E-state index in [1.165, 1.54) is 0 Å². The first-order valence-corrected chi connectivity index (χ1v) is 19.3. The van der Waals surface area contributed by atoms with Crippen LogP contribution < -0.4 is 10.6 Å². The van der Waals surface area contributed by atoms with Crippen molar-refractivity contribution in [1.29, 1.82) is 0 Å². The van der Waals surface area contributed by atoms with E-state index in [-0.39, 0.29) is 42.6 Å². The van der Waals surface area contributed by atoms with E-state index in [1.54, 1.807) is 0 Å². The molecule has 0 aliphatic heterocycles. The van der Waals surface area contributed by atoms with Crippen LogP contribution in [0.5, 0.6) is 0 Å². The minimum Gasteiger partial charge on any atom is -0.371 e. The molecular weight excluding hydrogens is 589 g/mol. The summed E-state index contributed by atoms with van der Waals surface area (Å²) in [6.45, 7) is 24.9. The molecule has 0 saturated heterocycles. The van der Waals surface area contributed by atoms with E-state index >= 15 is 0 Å². The van der Waals surface area contributed by atoms with Gasteiger partial charge in [0.1, 0.15) is 0 Å². The summed E-state index contributed by atoms with van der Waals surface area (Å²) in [7, 11) is -5.85. The van der Waals surface area contributed by atoms with Crippen molar-refractivity contribution < 1.29 is 26.6 Å². The maximum absolute atomic E-state index is 8.98. The number of hydrogen-bond donors (Lipinski definition) is 2. The molecule has 1 aromatic rings. The predicted molar refractivity (Wildman–Crippen MR) is 173 cm³/mol. The van der Waals surface area contributed by atoms with Gasteiger partial charge < -0.3 is 37.2 Å². The summed E-state index contributed by atoms with van der Waals surface area (Å²) in [6.07, 6.45) is 1.21. The Morgan fingerprint density at radius 2 is 0.884 bits per heavy atom. The average molecular weight is 645 g/mol. The lowest BCUT2D eigenvalue weighted by molar-refractivity contribution is 0.00189. The standard InChI is InChI=1S/C27H56N8O6Si2/c1-19(2)36-42(37-20(3)4,38-21(5)6)17-13-15-29-25-31-26(33-27(32-25)34-35-28)30-16-14-18-43(39-22(7)8,40-23(9)10)41-24(11)12/h19-24H,13-18H2,1-12H3,(H2,29,30,31,32,33). The van der Waals surface area contributed by atoms with Crippen LogP contribution in [0.2, 0.25) is 12.1 Å². The van der Waals surface area contributed by atoms with Crippen molar-refractivity contribution in [3.05, 3.63) is 10.4 Å². The highest BCUT2D eigenvalue weighted by atomic mass is 28.4. The van der Waals surface area contributed by atoms with Crippen LogP contribution in [0.3, 0.4) is 0 Å².